The molecular weight excluding hydrogens is 607 g/mol. The summed E-state index contributed by atoms with van der Waals surface area (Å²) in [6, 6.07) is 12.7. The lowest BCUT2D eigenvalue weighted by molar-refractivity contribution is -0.127. The quantitative estimate of drug-likeness (QED) is 0.0453. The first-order chi connectivity index (χ1) is 20.9. The number of aromatic nitrogens is 1. The van der Waals surface area contributed by atoms with E-state index in [2.05, 4.69) is 25.3 Å². The molecule has 14 nitrogen and oxygen atoms in total. The van der Waals surface area contributed by atoms with Gasteiger partial charge in [-0.25, -0.2) is 18.1 Å². The summed E-state index contributed by atoms with van der Waals surface area (Å²) in [7, 11) is -3.98. The third-order valence-electron chi connectivity index (χ3n) is 6.21. The number of nitrogens with one attached hydrogen (secondary N) is 4. The molecule has 0 aliphatic rings. The van der Waals surface area contributed by atoms with Gasteiger partial charge in [0.15, 0.2) is 11.0 Å². The monoisotopic (exact) mass is 641 g/mol. The molecule has 0 spiro atoms. The van der Waals surface area contributed by atoms with Crippen molar-refractivity contribution in [3.05, 3.63) is 87.9 Å². The first kappa shape index (κ1) is 33.8. The number of benzene rings is 2. The van der Waals surface area contributed by atoms with Crippen LogP contribution in [-0.2, 0) is 31.8 Å². The summed E-state index contributed by atoms with van der Waals surface area (Å²) in [5, 5.41) is 14.5. The van der Waals surface area contributed by atoms with Crippen LogP contribution in [0.15, 0.2) is 71.2 Å². The van der Waals surface area contributed by atoms with Gasteiger partial charge in [0.25, 0.3) is 0 Å². The summed E-state index contributed by atoms with van der Waals surface area (Å²) in [4.78, 5) is 47.0. The molecule has 1 heterocycles. The molecule has 0 fully saturated rings. The number of hydrogen-bond acceptors (Lipinski definition) is 9. The van der Waals surface area contributed by atoms with Crippen LogP contribution in [0, 0.1) is 5.41 Å². The van der Waals surface area contributed by atoms with Crippen molar-refractivity contribution in [1.82, 2.24) is 20.3 Å². The predicted octanol–water partition coefficient (Wildman–Crippen LogP) is -0.00463. The fourth-order valence-electron chi connectivity index (χ4n) is 4.10. The fraction of sp³-hybridized carbons (Fsp3) is 0.286. The van der Waals surface area contributed by atoms with Crippen LogP contribution >= 0.6 is 11.3 Å². The number of nitrogens with zero attached hydrogens (tertiary/aromatic N) is 2. The van der Waals surface area contributed by atoms with Crippen molar-refractivity contribution in [3.63, 3.8) is 0 Å². The second kappa shape index (κ2) is 16.3. The number of ketones is 1. The van der Waals surface area contributed by atoms with Gasteiger partial charge in [0.1, 0.15) is 11.9 Å². The molecule has 10 N–H and O–H groups in total. The molecule has 2 aromatic carbocycles. The maximum absolute atomic E-state index is 13.3. The van der Waals surface area contributed by atoms with Gasteiger partial charge in [0.2, 0.25) is 27.6 Å². The maximum atomic E-state index is 13.3. The number of aliphatic imine (C=N–C) groups is 1. The van der Waals surface area contributed by atoms with Crippen molar-refractivity contribution in [2.75, 3.05) is 13.1 Å². The number of rotatable bonds is 17. The van der Waals surface area contributed by atoms with Crippen molar-refractivity contribution < 1.29 is 22.8 Å². The number of carbonyl (C=O) groups is 3. The molecule has 3 rings (SSSR count). The van der Waals surface area contributed by atoms with Crippen LogP contribution in [0.1, 0.15) is 39.3 Å². The van der Waals surface area contributed by atoms with Gasteiger partial charge in [-0.1, -0.05) is 54.6 Å². The van der Waals surface area contributed by atoms with E-state index in [1.807, 2.05) is 0 Å². The fourth-order valence-corrected chi connectivity index (χ4v) is 6.07. The lowest BCUT2D eigenvalue weighted by atomic mass is 10.0. The van der Waals surface area contributed by atoms with Crippen LogP contribution in [0.25, 0.3) is 0 Å². The highest BCUT2D eigenvalue weighted by atomic mass is 32.2. The predicted molar refractivity (Wildman–Crippen MR) is 168 cm³/mol. The van der Waals surface area contributed by atoms with Crippen LogP contribution in [0.4, 0.5) is 0 Å². The number of hydrogen-bond donors (Lipinski definition) is 7. The molecule has 0 unspecified atom stereocenters. The third-order valence-corrected chi connectivity index (χ3v) is 8.35. The smallest absolute Gasteiger partial charge is 0.239 e. The number of thiazole rings is 1. The lowest BCUT2D eigenvalue weighted by Crippen LogP contribution is -2.51. The SMILES string of the molecule is N=C(N)c1ccc(C[C@@H](NS(=O)(=O)Cc2ccccc2)C(=O)NCC(=O)N[C@@H](CCCN=C(N)N)C(=O)c2nccs2)cc1. The zero-order valence-corrected chi connectivity index (χ0v) is 25.4. The van der Waals surface area contributed by atoms with Crippen molar-refractivity contribution in [2.24, 2.45) is 22.2 Å². The topological polar surface area (TPSA) is 249 Å². The van der Waals surface area contributed by atoms with Crippen LogP contribution in [0.5, 0.6) is 0 Å². The first-order valence-electron chi connectivity index (χ1n) is 13.5. The number of nitrogens with two attached hydrogens (primary N) is 3. The minimum atomic E-state index is -3.98. The standard InChI is InChI=1S/C28H35N9O5S2/c29-25(30)20-10-8-18(9-11-20)15-22(37-44(41,42)17-19-5-2-1-3-6-19)26(40)35-16-23(38)36-21(7-4-12-34-28(31)32)24(39)27-33-13-14-43-27/h1-3,5-6,8-11,13-14,21-22,37H,4,7,12,15-17H2,(H3,29,30)(H,35,40)(H,36,38)(H4,31,32,34)/t21-,22+/m0/s1. The minimum Gasteiger partial charge on any atom is -0.384 e. The van der Waals surface area contributed by atoms with E-state index in [0.29, 0.717) is 23.1 Å². The Labute approximate surface area is 259 Å². The van der Waals surface area contributed by atoms with Crippen molar-refractivity contribution >= 4 is 50.8 Å². The number of amides is 2. The van der Waals surface area contributed by atoms with Crippen LogP contribution in [-0.4, -0.2) is 68.0 Å². The Morgan fingerprint density at radius 1 is 0.977 bits per heavy atom. The van der Waals surface area contributed by atoms with E-state index in [0.717, 1.165) is 11.3 Å². The molecule has 0 saturated carbocycles. The van der Waals surface area contributed by atoms with E-state index < -0.39 is 46.2 Å². The van der Waals surface area contributed by atoms with E-state index in [4.69, 9.17) is 22.6 Å². The second-order valence-electron chi connectivity index (χ2n) is 9.72. The highest BCUT2D eigenvalue weighted by molar-refractivity contribution is 7.88. The van der Waals surface area contributed by atoms with Gasteiger partial charge in [-0.15, -0.1) is 11.3 Å². The van der Waals surface area contributed by atoms with E-state index in [9.17, 15) is 22.8 Å². The van der Waals surface area contributed by atoms with Crippen LogP contribution in [0.3, 0.4) is 0 Å². The molecule has 2 amide bonds. The van der Waals surface area contributed by atoms with Gasteiger partial charge in [0, 0.05) is 23.7 Å². The molecule has 0 saturated heterocycles. The van der Waals surface area contributed by atoms with Gasteiger partial charge in [-0.3, -0.25) is 24.8 Å². The van der Waals surface area contributed by atoms with E-state index in [-0.39, 0.29) is 41.9 Å². The van der Waals surface area contributed by atoms with Crippen molar-refractivity contribution in [3.8, 4) is 0 Å². The molecule has 234 valence electrons. The Balaban J connectivity index is 1.70. The molecular formula is C28H35N9O5S2. The van der Waals surface area contributed by atoms with Crippen molar-refractivity contribution in [2.45, 2.75) is 37.1 Å². The van der Waals surface area contributed by atoms with Crippen LogP contribution in [0.2, 0.25) is 0 Å². The third kappa shape index (κ3) is 11.2. The summed E-state index contributed by atoms with van der Waals surface area (Å²) >= 11 is 1.13. The summed E-state index contributed by atoms with van der Waals surface area (Å²) in [5.41, 5.74) is 17.8. The summed E-state index contributed by atoms with van der Waals surface area (Å²) < 4.78 is 28.4. The van der Waals surface area contributed by atoms with Gasteiger partial charge >= 0.3 is 0 Å². The Hall–Kier alpha value is -4.67. The number of guanidine groups is 1. The Kier molecular flexibility index (Phi) is 12.5. The van der Waals surface area contributed by atoms with E-state index in [1.165, 1.54) is 6.20 Å². The number of Topliss-reactive ketones (excluding diaryl/α,β-unsaturated/α-hetero) is 1. The highest BCUT2D eigenvalue weighted by Crippen LogP contribution is 2.12. The van der Waals surface area contributed by atoms with E-state index in [1.54, 1.807) is 60.0 Å². The van der Waals surface area contributed by atoms with Crippen molar-refractivity contribution in [1.29, 1.82) is 5.41 Å². The van der Waals surface area contributed by atoms with E-state index >= 15 is 0 Å². The Morgan fingerprint density at radius 3 is 2.30 bits per heavy atom. The second-order valence-corrected chi connectivity index (χ2v) is 12.4. The van der Waals surface area contributed by atoms with Gasteiger partial charge < -0.3 is 27.8 Å². The summed E-state index contributed by atoms with van der Waals surface area (Å²) in [6.07, 6.45) is 2.03. The molecule has 1 aromatic heterocycles. The Morgan fingerprint density at radius 2 is 1.68 bits per heavy atom. The number of amidine groups is 1. The number of sulfonamides is 1. The minimum absolute atomic E-state index is 0.0460. The highest BCUT2D eigenvalue weighted by Gasteiger charge is 2.27. The average Bonchev–Trinajstić information content (AvgIpc) is 3.52. The molecule has 16 heteroatoms. The van der Waals surface area contributed by atoms with Gasteiger partial charge in [-0.2, -0.15) is 0 Å². The summed E-state index contributed by atoms with van der Waals surface area (Å²) in [6.45, 7) is -0.274. The molecule has 2 atom stereocenters. The molecule has 44 heavy (non-hydrogen) atoms. The molecule has 0 aliphatic heterocycles. The Bertz CT molecular complexity index is 1560. The normalized spacial score (nSPS) is 12.5. The summed E-state index contributed by atoms with van der Waals surface area (Å²) in [5.74, 6) is -2.40. The van der Waals surface area contributed by atoms with Gasteiger partial charge in [-0.05, 0) is 30.4 Å². The molecule has 0 bridgehead atoms. The number of nitrogen functional groups attached to an aromatic ring is 1. The average molecular weight is 642 g/mol. The lowest BCUT2D eigenvalue weighted by Gasteiger charge is -2.20. The zero-order chi connectivity index (χ0) is 32.1. The molecule has 0 radical (unpaired) electrons. The molecule has 0 aliphatic carbocycles. The first-order valence-corrected chi connectivity index (χ1v) is 16.0. The van der Waals surface area contributed by atoms with Gasteiger partial charge in [0.05, 0.1) is 18.3 Å². The largest absolute Gasteiger partial charge is 0.384 e. The molecule has 3 aromatic rings. The zero-order valence-electron chi connectivity index (χ0n) is 23.7. The number of carbonyl (C=O) groups excluding carboxylic acids is 3. The maximum Gasteiger partial charge on any atom is 0.239 e. The van der Waals surface area contributed by atoms with Crippen LogP contribution < -0.4 is 32.6 Å².